The topological polar surface area (TPSA) is 81.1 Å². The highest BCUT2D eigenvalue weighted by Gasteiger charge is 2.27. The number of nitrogens with two attached hydrogens (primary N) is 2. The molecule has 1 aliphatic rings. The van der Waals surface area contributed by atoms with Crippen LogP contribution in [0.5, 0.6) is 0 Å². The van der Waals surface area contributed by atoms with Gasteiger partial charge in [-0.2, -0.15) is 0 Å². The molecule has 1 aromatic heterocycles. The van der Waals surface area contributed by atoms with Crippen molar-refractivity contribution in [2.75, 3.05) is 23.7 Å². The van der Waals surface area contributed by atoms with Gasteiger partial charge in [0.2, 0.25) is 0 Å². The first-order chi connectivity index (χ1) is 11.3. The van der Waals surface area contributed by atoms with Crippen LogP contribution in [0.4, 0.5) is 11.6 Å². The van der Waals surface area contributed by atoms with Gasteiger partial charge in [-0.25, -0.2) is 9.97 Å². The molecule has 0 aliphatic carbocycles. The zero-order chi connectivity index (χ0) is 17.5. The highest BCUT2D eigenvalue weighted by molar-refractivity contribution is 6.43. The summed E-state index contributed by atoms with van der Waals surface area (Å²) >= 11 is 12.3. The van der Waals surface area contributed by atoms with Gasteiger partial charge in [-0.05, 0) is 25.8 Å². The van der Waals surface area contributed by atoms with E-state index in [0.29, 0.717) is 27.1 Å². The number of hydrogen-bond acceptors (Lipinski definition) is 5. The van der Waals surface area contributed by atoms with Crippen molar-refractivity contribution < 1.29 is 1.37 Å². The molecule has 1 fully saturated rings. The molecule has 23 heavy (non-hydrogen) atoms. The summed E-state index contributed by atoms with van der Waals surface area (Å²) < 4.78 is 8.24. The summed E-state index contributed by atoms with van der Waals surface area (Å²) in [5.74, 6) is 0.705. The minimum absolute atomic E-state index is 0.0656. The van der Waals surface area contributed by atoms with E-state index in [1.807, 2.05) is 11.8 Å². The standard InChI is InChI=1S/C16H19Cl2N5/c1-16(20)5-7-23(8-6-16)12-9-21-14(15(19)22-12)10-3-2-4-11(17)13(10)18/h2-4,9H,5-8,20H2,1H3,(H2,19,22)/i9D. The lowest BCUT2D eigenvalue weighted by atomic mass is 9.91. The molecule has 7 heteroatoms. The maximum atomic E-state index is 8.24. The number of nitrogens with zero attached hydrogens (tertiary/aromatic N) is 3. The summed E-state index contributed by atoms with van der Waals surface area (Å²) in [5.41, 5.74) is 13.0. The molecule has 1 saturated heterocycles. The first-order valence-corrected chi connectivity index (χ1v) is 8.16. The van der Waals surface area contributed by atoms with Gasteiger partial charge in [-0.1, -0.05) is 35.3 Å². The average Bonchev–Trinajstić information content (AvgIpc) is 2.52. The predicted molar refractivity (Wildman–Crippen MR) is 95.9 cm³/mol. The molecule has 122 valence electrons. The summed E-state index contributed by atoms with van der Waals surface area (Å²) in [6, 6.07) is 5.20. The summed E-state index contributed by atoms with van der Waals surface area (Å²) in [5, 5.41) is 0.758. The van der Waals surface area contributed by atoms with Crippen LogP contribution >= 0.6 is 23.2 Å². The van der Waals surface area contributed by atoms with Crippen LogP contribution in [0.3, 0.4) is 0 Å². The molecule has 4 N–H and O–H groups in total. The van der Waals surface area contributed by atoms with Crippen molar-refractivity contribution in [3.8, 4) is 11.3 Å². The first-order valence-electron chi connectivity index (χ1n) is 7.91. The van der Waals surface area contributed by atoms with Crippen molar-refractivity contribution in [1.82, 2.24) is 9.97 Å². The Hall–Kier alpha value is -1.56. The normalized spacial score (nSPS) is 17.9. The number of nitrogen functional groups attached to an aromatic ring is 1. The van der Waals surface area contributed by atoms with E-state index < -0.39 is 0 Å². The number of benzene rings is 1. The van der Waals surface area contributed by atoms with Crippen molar-refractivity contribution in [1.29, 1.82) is 0 Å². The molecule has 2 heterocycles. The molecule has 0 saturated carbocycles. The molecule has 0 radical (unpaired) electrons. The number of halogens is 2. The first kappa shape index (κ1) is 15.0. The Labute approximate surface area is 147 Å². The molecule has 0 spiro atoms. The van der Waals surface area contributed by atoms with E-state index in [-0.39, 0.29) is 17.5 Å². The molecular formula is C16H19Cl2N5. The fraction of sp³-hybridized carbons (Fsp3) is 0.375. The van der Waals surface area contributed by atoms with Gasteiger partial charge in [-0.3, -0.25) is 0 Å². The Kier molecular flexibility index (Phi) is 4.01. The second-order valence-corrected chi connectivity index (χ2v) is 6.92. The number of anilines is 2. The third kappa shape index (κ3) is 3.37. The van der Waals surface area contributed by atoms with Crippen LogP contribution in [-0.4, -0.2) is 28.6 Å². The lowest BCUT2D eigenvalue weighted by Crippen LogP contribution is -2.48. The molecule has 2 aromatic rings. The minimum Gasteiger partial charge on any atom is -0.382 e. The van der Waals surface area contributed by atoms with Gasteiger partial charge in [0.05, 0.1) is 17.6 Å². The monoisotopic (exact) mass is 352 g/mol. The van der Waals surface area contributed by atoms with E-state index in [1.165, 1.54) is 0 Å². The number of hydrogen-bond donors (Lipinski definition) is 2. The van der Waals surface area contributed by atoms with E-state index >= 15 is 0 Å². The van der Waals surface area contributed by atoms with E-state index in [4.69, 9.17) is 36.0 Å². The zero-order valence-corrected chi connectivity index (χ0v) is 14.3. The van der Waals surface area contributed by atoms with Crippen LogP contribution in [0, 0.1) is 0 Å². The van der Waals surface area contributed by atoms with Crippen LogP contribution in [-0.2, 0) is 0 Å². The zero-order valence-electron chi connectivity index (χ0n) is 13.8. The molecule has 1 aliphatic heterocycles. The van der Waals surface area contributed by atoms with Crippen molar-refractivity contribution >= 4 is 34.8 Å². The minimum atomic E-state index is -0.175. The summed E-state index contributed by atoms with van der Waals surface area (Å²) in [6.45, 7) is 3.49. The van der Waals surface area contributed by atoms with E-state index in [1.54, 1.807) is 18.2 Å². The second kappa shape index (κ2) is 6.15. The van der Waals surface area contributed by atoms with E-state index in [9.17, 15) is 0 Å². The molecule has 5 nitrogen and oxygen atoms in total. The van der Waals surface area contributed by atoms with Gasteiger partial charge >= 0.3 is 0 Å². The van der Waals surface area contributed by atoms with Crippen molar-refractivity contribution in [3.05, 3.63) is 34.4 Å². The largest absolute Gasteiger partial charge is 0.382 e. The Bertz CT molecular complexity index is 771. The third-order valence-electron chi connectivity index (χ3n) is 4.15. The Morgan fingerprint density at radius 3 is 2.70 bits per heavy atom. The van der Waals surface area contributed by atoms with Crippen molar-refractivity contribution in [3.63, 3.8) is 0 Å². The number of piperidine rings is 1. The Morgan fingerprint density at radius 1 is 1.30 bits per heavy atom. The van der Waals surface area contributed by atoms with Gasteiger partial charge in [0, 0.05) is 24.2 Å². The van der Waals surface area contributed by atoms with Crippen LogP contribution in [0.25, 0.3) is 11.3 Å². The van der Waals surface area contributed by atoms with Crippen molar-refractivity contribution in [2.45, 2.75) is 25.3 Å². The van der Waals surface area contributed by atoms with Crippen molar-refractivity contribution in [2.24, 2.45) is 5.73 Å². The molecule has 0 bridgehead atoms. The lowest BCUT2D eigenvalue weighted by molar-refractivity contribution is 0.363. The third-order valence-corrected chi connectivity index (χ3v) is 4.97. The van der Waals surface area contributed by atoms with Gasteiger partial charge in [-0.15, -0.1) is 0 Å². The molecule has 0 unspecified atom stereocenters. The Balaban J connectivity index is 1.96. The fourth-order valence-corrected chi connectivity index (χ4v) is 3.00. The predicted octanol–water partition coefficient (Wildman–Crippen LogP) is 3.35. The second-order valence-electron chi connectivity index (χ2n) is 6.14. The van der Waals surface area contributed by atoms with Crippen LogP contribution in [0.2, 0.25) is 10.0 Å². The Morgan fingerprint density at radius 2 is 2.00 bits per heavy atom. The fourth-order valence-electron chi connectivity index (χ4n) is 2.61. The SMILES string of the molecule is [2H]c1nc(-c2cccc(Cl)c2Cl)c(N)nc1N1CCC(C)(N)CC1. The summed E-state index contributed by atoms with van der Waals surface area (Å²) in [7, 11) is 0. The molecule has 3 rings (SSSR count). The van der Waals surface area contributed by atoms with E-state index in [0.717, 1.165) is 25.9 Å². The van der Waals surface area contributed by atoms with Gasteiger partial charge in [0.25, 0.3) is 0 Å². The van der Waals surface area contributed by atoms with Gasteiger partial charge in [0.1, 0.15) is 11.5 Å². The maximum Gasteiger partial charge on any atom is 0.152 e. The molecule has 0 atom stereocenters. The summed E-state index contributed by atoms with van der Waals surface area (Å²) in [4.78, 5) is 10.7. The number of aromatic nitrogens is 2. The lowest BCUT2D eigenvalue weighted by Gasteiger charge is -2.37. The van der Waals surface area contributed by atoms with Crippen LogP contribution in [0.1, 0.15) is 21.1 Å². The van der Waals surface area contributed by atoms with E-state index in [2.05, 4.69) is 9.97 Å². The smallest absolute Gasteiger partial charge is 0.152 e. The quantitative estimate of drug-likeness (QED) is 0.865. The highest BCUT2D eigenvalue weighted by Crippen LogP contribution is 2.35. The highest BCUT2D eigenvalue weighted by atomic mass is 35.5. The average molecular weight is 353 g/mol. The molecule has 1 aromatic carbocycles. The van der Waals surface area contributed by atoms with Gasteiger partial charge in [0.15, 0.2) is 5.82 Å². The van der Waals surface area contributed by atoms with Gasteiger partial charge < -0.3 is 16.4 Å². The maximum absolute atomic E-state index is 8.24. The van der Waals surface area contributed by atoms with Crippen LogP contribution in [0.15, 0.2) is 24.4 Å². The molecule has 0 amide bonds. The van der Waals surface area contributed by atoms with Crippen LogP contribution < -0.4 is 16.4 Å². The number of rotatable bonds is 2. The summed E-state index contributed by atoms with van der Waals surface area (Å²) in [6.07, 6.45) is 1.72. The molecular weight excluding hydrogens is 333 g/mol.